The average Bonchev–Trinajstić information content (AvgIpc) is 2.82. The number of hydrazine groups is 1. The first-order chi connectivity index (χ1) is 15.9. The van der Waals surface area contributed by atoms with Crippen molar-refractivity contribution in [1.82, 2.24) is 10.0 Å². The summed E-state index contributed by atoms with van der Waals surface area (Å²) >= 11 is 0. The third kappa shape index (κ3) is 4.09. The number of ketones is 1. The summed E-state index contributed by atoms with van der Waals surface area (Å²) in [5.74, 6) is 1.17. The second-order valence-corrected chi connectivity index (χ2v) is 8.57. The van der Waals surface area contributed by atoms with Crippen molar-refractivity contribution < 1.29 is 23.8 Å². The summed E-state index contributed by atoms with van der Waals surface area (Å²) in [6.07, 6.45) is 1.23. The topological polar surface area (TPSA) is 68.3 Å². The Morgan fingerprint density at radius 2 is 1.48 bits per heavy atom. The van der Waals surface area contributed by atoms with Gasteiger partial charge in [-0.05, 0) is 35.6 Å². The van der Waals surface area contributed by atoms with E-state index in [1.807, 2.05) is 56.6 Å². The smallest absolute Gasteiger partial charge is 0.242 e. The maximum absolute atomic E-state index is 13.6. The number of Topliss-reactive ketones (excluding diaryl/α,β-unsaturated/α-hetero) is 1. The van der Waals surface area contributed by atoms with Gasteiger partial charge in [0.05, 0.1) is 21.3 Å². The van der Waals surface area contributed by atoms with Gasteiger partial charge < -0.3 is 14.2 Å². The molecule has 7 nitrogen and oxygen atoms in total. The minimum absolute atomic E-state index is 0.0337. The zero-order valence-electron chi connectivity index (χ0n) is 19.8. The van der Waals surface area contributed by atoms with Gasteiger partial charge in [0.15, 0.2) is 17.3 Å². The van der Waals surface area contributed by atoms with E-state index >= 15 is 0 Å². The summed E-state index contributed by atoms with van der Waals surface area (Å²) in [5, 5.41) is 3.43. The summed E-state index contributed by atoms with van der Waals surface area (Å²) in [4.78, 5) is 26.9. The molecule has 2 aromatic rings. The van der Waals surface area contributed by atoms with E-state index in [2.05, 4.69) is 0 Å². The van der Waals surface area contributed by atoms with E-state index in [-0.39, 0.29) is 29.9 Å². The van der Waals surface area contributed by atoms with E-state index in [0.717, 1.165) is 16.8 Å². The van der Waals surface area contributed by atoms with Crippen molar-refractivity contribution >= 4 is 11.7 Å². The predicted octanol–water partition coefficient (Wildman–Crippen LogP) is 3.91. The molecule has 1 amide bonds. The highest BCUT2D eigenvalue weighted by molar-refractivity contribution is 6.02. The monoisotopic (exact) mass is 450 g/mol. The Hall–Kier alpha value is -3.32. The van der Waals surface area contributed by atoms with Gasteiger partial charge in [0, 0.05) is 44.1 Å². The number of hydrogen-bond acceptors (Lipinski definition) is 6. The van der Waals surface area contributed by atoms with Crippen LogP contribution in [0.2, 0.25) is 0 Å². The van der Waals surface area contributed by atoms with Crippen LogP contribution in [0, 0.1) is 0 Å². The number of allylic oxidation sites excluding steroid dienone is 2. The van der Waals surface area contributed by atoms with Crippen molar-refractivity contribution in [2.75, 3.05) is 35.4 Å². The van der Waals surface area contributed by atoms with Crippen LogP contribution in [0.25, 0.3) is 0 Å². The molecule has 2 aliphatic rings. The standard InChI is InChI=1S/C26H30N2O5/c1-27(2)28-20-11-17(16-9-7-6-8-10-16)12-21(29)25(20)19(15-24(28)30)18-13-22(31-3)26(33-5)23(14-18)32-4/h6-10,13-14,17,19H,11-12,15H2,1-5H3/t17-,19+/m1/s1. The molecule has 2 atom stereocenters. The molecular weight excluding hydrogens is 420 g/mol. The van der Waals surface area contributed by atoms with E-state index in [0.29, 0.717) is 35.7 Å². The van der Waals surface area contributed by atoms with Gasteiger partial charge in [-0.1, -0.05) is 30.3 Å². The Kier molecular flexibility index (Phi) is 6.42. The number of nitrogens with zero attached hydrogens (tertiary/aromatic N) is 2. The summed E-state index contributed by atoms with van der Waals surface area (Å²) in [6.45, 7) is 0. The van der Waals surface area contributed by atoms with Gasteiger partial charge in [-0.3, -0.25) is 9.59 Å². The maximum Gasteiger partial charge on any atom is 0.242 e. The fraction of sp³-hybridized carbons (Fsp3) is 0.385. The highest BCUT2D eigenvalue weighted by atomic mass is 16.5. The molecule has 174 valence electrons. The van der Waals surface area contributed by atoms with Gasteiger partial charge in [0.1, 0.15) is 0 Å². The van der Waals surface area contributed by atoms with E-state index < -0.39 is 0 Å². The van der Waals surface area contributed by atoms with E-state index in [1.54, 1.807) is 31.3 Å². The second-order valence-electron chi connectivity index (χ2n) is 8.57. The fourth-order valence-corrected chi connectivity index (χ4v) is 5.03. The predicted molar refractivity (Wildman–Crippen MR) is 124 cm³/mol. The molecule has 0 radical (unpaired) electrons. The number of amides is 1. The van der Waals surface area contributed by atoms with Crippen molar-refractivity contribution in [1.29, 1.82) is 0 Å². The van der Waals surface area contributed by atoms with Crippen LogP contribution < -0.4 is 14.2 Å². The number of carbonyl (C=O) groups excluding carboxylic acids is 2. The third-order valence-electron chi connectivity index (χ3n) is 6.46. The van der Waals surface area contributed by atoms with Crippen LogP contribution in [0.15, 0.2) is 53.7 Å². The van der Waals surface area contributed by atoms with Crippen molar-refractivity contribution in [3.63, 3.8) is 0 Å². The molecule has 7 heteroatoms. The molecule has 2 aromatic carbocycles. The average molecular weight is 451 g/mol. The molecule has 0 saturated carbocycles. The fourth-order valence-electron chi connectivity index (χ4n) is 5.03. The molecule has 1 heterocycles. The number of carbonyl (C=O) groups is 2. The first-order valence-corrected chi connectivity index (χ1v) is 11.0. The van der Waals surface area contributed by atoms with Gasteiger partial charge in [-0.25, -0.2) is 10.0 Å². The van der Waals surface area contributed by atoms with E-state index in [4.69, 9.17) is 14.2 Å². The van der Waals surface area contributed by atoms with Crippen LogP contribution in [0.1, 0.15) is 42.2 Å². The number of methoxy groups -OCH3 is 3. The Bertz CT molecular complexity index is 1070. The first kappa shape index (κ1) is 22.9. The lowest BCUT2D eigenvalue weighted by Gasteiger charge is -2.42. The van der Waals surface area contributed by atoms with Gasteiger partial charge in [-0.2, -0.15) is 0 Å². The Balaban J connectivity index is 1.85. The largest absolute Gasteiger partial charge is 0.493 e. The summed E-state index contributed by atoms with van der Waals surface area (Å²) < 4.78 is 16.5. The van der Waals surface area contributed by atoms with Gasteiger partial charge in [-0.15, -0.1) is 0 Å². The van der Waals surface area contributed by atoms with E-state index in [1.165, 1.54) is 0 Å². The lowest BCUT2D eigenvalue weighted by molar-refractivity contribution is -0.143. The molecule has 1 aliphatic carbocycles. The van der Waals surface area contributed by atoms with Crippen LogP contribution in [0.4, 0.5) is 0 Å². The number of hydrogen-bond donors (Lipinski definition) is 0. The van der Waals surface area contributed by atoms with Crippen molar-refractivity contribution in [2.45, 2.75) is 31.1 Å². The zero-order valence-corrected chi connectivity index (χ0v) is 19.8. The molecular formula is C26H30N2O5. The number of ether oxygens (including phenoxy) is 3. The van der Waals surface area contributed by atoms with Gasteiger partial charge in [0.2, 0.25) is 11.7 Å². The minimum atomic E-state index is -0.373. The molecule has 1 aliphatic heterocycles. The highest BCUT2D eigenvalue weighted by Gasteiger charge is 2.43. The van der Waals surface area contributed by atoms with Crippen LogP contribution in [0.3, 0.4) is 0 Å². The normalized spacial score (nSPS) is 20.7. The molecule has 33 heavy (non-hydrogen) atoms. The molecule has 0 N–H and O–H groups in total. The highest BCUT2D eigenvalue weighted by Crippen LogP contribution is 2.48. The number of rotatable bonds is 6. The Morgan fingerprint density at radius 3 is 2.03 bits per heavy atom. The summed E-state index contributed by atoms with van der Waals surface area (Å²) in [5.41, 5.74) is 3.39. The van der Waals surface area contributed by atoms with Gasteiger partial charge >= 0.3 is 0 Å². The van der Waals surface area contributed by atoms with Crippen LogP contribution >= 0.6 is 0 Å². The molecule has 0 unspecified atom stereocenters. The lowest BCUT2D eigenvalue weighted by atomic mass is 9.73. The molecule has 0 aromatic heterocycles. The van der Waals surface area contributed by atoms with E-state index in [9.17, 15) is 9.59 Å². The Labute approximate surface area is 194 Å². The molecule has 0 saturated heterocycles. The van der Waals surface area contributed by atoms with Crippen LogP contribution in [-0.4, -0.2) is 57.1 Å². The maximum atomic E-state index is 13.6. The quantitative estimate of drug-likeness (QED) is 0.665. The Morgan fingerprint density at radius 1 is 0.848 bits per heavy atom. The zero-order chi connectivity index (χ0) is 23.7. The lowest BCUT2D eigenvalue weighted by Crippen LogP contribution is -2.47. The second kappa shape index (κ2) is 9.27. The third-order valence-corrected chi connectivity index (χ3v) is 6.46. The van der Waals surface area contributed by atoms with Crippen LogP contribution in [0.5, 0.6) is 17.2 Å². The van der Waals surface area contributed by atoms with Gasteiger partial charge in [0.25, 0.3) is 0 Å². The summed E-state index contributed by atoms with van der Waals surface area (Å²) in [6, 6.07) is 13.7. The van der Waals surface area contributed by atoms with Crippen molar-refractivity contribution in [2.24, 2.45) is 0 Å². The molecule has 0 fully saturated rings. The number of benzene rings is 2. The van der Waals surface area contributed by atoms with Crippen LogP contribution in [-0.2, 0) is 9.59 Å². The SMILES string of the molecule is COc1cc([C@@H]2CC(=O)N(N(C)C)C3=C2C(=O)C[C@H](c2ccccc2)C3)cc(OC)c1OC. The minimum Gasteiger partial charge on any atom is -0.493 e. The summed E-state index contributed by atoms with van der Waals surface area (Å²) in [7, 11) is 8.33. The molecule has 4 rings (SSSR count). The molecule has 0 spiro atoms. The molecule has 0 bridgehead atoms. The van der Waals surface area contributed by atoms with Crippen molar-refractivity contribution in [3.8, 4) is 17.2 Å². The van der Waals surface area contributed by atoms with Crippen molar-refractivity contribution in [3.05, 3.63) is 64.9 Å². The first-order valence-electron chi connectivity index (χ1n) is 11.0.